The third-order valence-corrected chi connectivity index (χ3v) is 4.50. The van der Waals surface area contributed by atoms with Gasteiger partial charge in [-0.05, 0) is 57.1 Å². The van der Waals surface area contributed by atoms with Crippen LogP contribution in [0.3, 0.4) is 0 Å². The summed E-state index contributed by atoms with van der Waals surface area (Å²) in [6.45, 7) is 6.08. The van der Waals surface area contributed by atoms with Crippen LogP contribution in [-0.2, 0) is 6.54 Å². The van der Waals surface area contributed by atoms with Crippen molar-refractivity contribution in [3.8, 4) is 5.69 Å². The molecule has 2 heterocycles. The van der Waals surface area contributed by atoms with Gasteiger partial charge in [-0.3, -0.25) is 4.90 Å². The van der Waals surface area contributed by atoms with Gasteiger partial charge in [0.05, 0.1) is 5.69 Å². The van der Waals surface area contributed by atoms with Crippen LogP contribution in [0.1, 0.15) is 31.9 Å². The van der Waals surface area contributed by atoms with E-state index in [1.807, 2.05) is 6.07 Å². The van der Waals surface area contributed by atoms with E-state index < -0.39 is 11.6 Å². The molecule has 0 bridgehead atoms. The van der Waals surface area contributed by atoms with Crippen molar-refractivity contribution in [2.24, 2.45) is 0 Å². The van der Waals surface area contributed by atoms with Crippen molar-refractivity contribution < 1.29 is 8.78 Å². The average Bonchev–Trinajstić information content (AvgIpc) is 3.03. The molecule has 1 aliphatic rings. The maximum absolute atomic E-state index is 13.9. The molecule has 6 heteroatoms. The number of benzene rings is 1. The molecule has 3 rings (SSSR count). The lowest BCUT2D eigenvalue weighted by Crippen LogP contribution is -2.43. The molecule has 0 unspecified atom stereocenters. The van der Waals surface area contributed by atoms with Gasteiger partial charge in [0.1, 0.15) is 11.5 Å². The van der Waals surface area contributed by atoms with Crippen LogP contribution in [0, 0.1) is 11.6 Å². The number of rotatable bonds is 6. The molecule has 1 N–H and O–H groups in total. The highest BCUT2D eigenvalue weighted by Crippen LogP contribution is 2.18. The lowest BCUT2D eigenvalue weighted by Gasteiger charge is -2.34. The topological polar surface area (TPSA) is 33.1 Å². The molecule has 0 radical (unpaired) electrons. The summed E-state index contributed by atoms with van der Waals surface area (Å²) >= 11 is 0. The molecule has 0 spiro atoms. The summed E-state index contributed by atoms with van der Waals surface area (Å²) < 4.78 is 28.4. The second-order valence-electron chi connectivity index (χ2n) is 6.30. The fraction of sp³-hybridized carbons (Fsp3) is 0.500. The molecule has 1 aliphatic heterocycles. The molecular weight excluding hydrogens is 310 g/mol. The van der Waals surface area contributed by atoms with Gasteiger partial charge in [0.15, 0.2) is 5.82 Å². The van der Waals surface area contributed by atoms with Crippen molar-refractivity contribution in [3.05, 3.63) is 47.8 Å². The van der Waals surface area contributed by atoms with Crippen LogP contribution in [0.4, 0.5) is 8.78 Å². The van der Waals surface area contributed by atoms with Gasteiger partial charge in [0.25, 0.3) is 0 Å². The SMILES string of the molecule is CCCN(Cc1ccn(-c2ccc(F)cc2F)n1)C1CCNCC1. The molecular formula is C18H24F2N4. The smallest absolute Gasteiger partial charge is 0.151 e. The first-order valence-electron chi connectivity index (χ1n) is 8.62. The summed E-state index contributed by atoms with van der Waals surface area (Å²) in [7, 11) is 0. The van der Waals surface area contributed by atoms with E-state index in [-0.39, 0.29) is 5.69 Å². The zero-order valence-corrected chi connectivity index (χ0v) is 14.0. The molecule has 1 saturated heterocycles. The number of hydrogen-bond donors (Lipinski definition) is 1. The Bertz CT molecular complexity index is 665. The third kappa shape index (κ3) is 3.99. The zero-order valence-electron chi connectivity index (χ0n) is 14.0. The summed E-state index contributed by atoms with van der Waals surface area (Å²) in [6.07, 6.45) is 5.12. The molecule has 2 aromatic rings. The van der Waals surface area contributed by atoms with Crippen molar-refractivity contribution in [3.63, 3.8) is 0 Å². The zero-order chi connectivity index (χ0) is 16.9. The Kier molecular flexibility index (Phi) is 5.58. The Balaban J connectivity index is 1.73. The first-order chi connectivity index (χ1) is 11.7. The molecule has 0 atom stereocenters. The lowest BCUT2D eigenvalue weighted by atomic mass is 10.0. The highest BCUT2D eigenvalue weighted by atomic mass is 19.1. The number of hydrogen-bond acceptors (Lipinski definition) is 3. The summed E-state index contributed by atoms with van der Waals surface area (Å²) in [4.78, 5) is 2.47. The van der Waals surface area contributed by atoms with Crippen molar-refractivity contribution in [2.75, 3.05) is 19.6 Å². The van der Waals surface area contributed by atoms with Crippen LogP contribution < -0.4 is 5.32 Å². The van der Waals surface area contributed by atoms with Gasteiger partial charge in [0.2, 0.25) is 0 Å². The highest BCUT2D eigenvalue weighted by Gasteiger charge is 2.21. The first-order valence-corrected chi connectivity index (χ1v) is 8.62. The van der Waals surface area contributed by atoms with E-state index in [1.54, 1.807) is 6.20 Å². The van der Waals surface area contributed by atoms with Gasteiger partial charge >= 0.3 is 0 Å². The monoisotopic (exact) mass is 334 g/mol. The predicted octanol–water partition coefficient (Wildman–Crippen LogP) is 3.11. The highest BCUT2D eigenvalue weighted by molar-refractivity contribution is 5.33. The fourth-order valence-corrected chi connectivity index (χ4v) is 3.31. The standard InChI is InChI=1S/C18H24F2N4/c1-2-10-23(16-5-8-21-9-6-16)13-15-7-11-24(22-15)18-4-3-14(19)12-17(18)20/h3-4,7,11-12,16,21H,2,5-6,8-10,13H2,1H3. The van der Waals surface area contributed by atoms with E-state index in [1.165, 1.54) is 16.8 Å². The van der Waals surface area contributed by atoms with Crippen LogP contribution in [0.25, 0.3) is 5.69 Å². The van der Waals surface area contributed by atoms with Gasteiger partial charge in [-0.1, -0.05) is 6.92 Å². The normalized spacial score (nSPS) is 16.0. The van der Waals surface area contributed by atoms with Crippen LogP contribution in [0.15, 0.2) is 30.5 Å². The number of nitrogens with one attached hydrogen (secondary N) is 1. The summed E-state index contributed by atoms with van der Waals surface area (Å²) in [5, 5.41) is 7.88. The fourth-order valence-electron chi connectivity index (χ4n) is 3.31. The number of nitrogens with zero attached hydrogens (tertiary/aromatic N) is 3. The second-order valence-corrected chi connectivity index (χ2v) is 6.30. The summed E-state index contributed by atoms with van der Waals surface area (Å²) in [5.74, 6) is -1.18. The Morgan fingerprint density at radius 1 is 1.25 bits per heavy atom. The first kappa shape index (κ1) is 17.0. The minimum Gasteiger partial charge on any atom is -0.317 e. The minimum atomic E-state index is -0.603. The third-order valence-electron chi connectivity index (χ3n) is 4.50. The maximum atomic E-state index is 13.9. The van der Waals surface area contributed by atoms with E-state index in [4.69, 9.17) is 0 Å². The number of halogens is 2. The second kappa shape index (κ2) is 7.85. The van der Waals surface area contributed by atoms with E-state index in [2.05, 4.69) is 22.2 Å². The van der Waals surface area contributed by atoms with E-state index in [0.717, 1.165) is 57.2 Å². The number of piperidine rings is 1. The molecule has 1 fully saturated rings. The molecule has 24 heavy (non-hydrogen) atoms. The van der Waals surface area contributed by atoms with E-state index in [9.17, 15) is 8.78 Å². The molecule has 0 saturated carbocycles. The Labute approximate surface area is 141 Å². The Morgan fingerprint density at radius 3 is 2.75 bits per heavy atom. The Morgan fingerprint density at radius 2 is 2.04 bits per heavy atom. The van der Waals surface area contributed by atoms with Gasteiger partial charge in [0, 0.05) is 24.8 Å². The average molecular weight is 334 g/mol. The maximum Gasteiger partial charge on any atom is 0.151 e. The van der Waals surface area contributed by atoms with Gasteiger partial charge < -0.3 is 5.32 Å². The quantitative estimate of drug-likeness (QED) is 0.881. The summed E-state index contributed by atoms with van der Waals surface area (Å²) in [5.41, 5.74) is 1.18. The molecule has 130 valence electrons. The molecule has 4 nitrogen and oxygen atoms in total. The Hall–Kier alpha value is -1.79. The van der Waals surface area contributed by atoms with Crippen LogP contribution in [-0.4, -0.2) is 40.4 Å². The molecule has 1 aromatic carbocycles. The largest absolute Gasteiger partial charge is 0.317 e. The van der Waals surface area contributed by atoms with E-state index in [0.29, 0.717) is 6.04 Å². The van der Waals surface area contributed by atoms with E-state index >= 15 is 0 Å². The molecule has 0 aliphatic carbocycles. The predicted molar refractivity (Wildman–Crippen MR) is 90.1 cm³/mol. The van der Waals surface area contributed by atoms with Gasteiger partial charge in [-0.2, -0.15) is 5.10 Å². The number of aromatic nitrogens is 2. The molecule has 0 amide bonds. The molecule has 1 aromatic heterocycles. The van der Waals surface area contributed by atoms with Crippen molar-refractivity contribution in [1.82, 2.24) is 20.0 Å². The lowest BCUT2D eigenvalue weighted by molar-refractivity contribution is 0.152. The minimum absolute atomic E-state index is 0.270. The van der Waals surface area contributed by atoms with Crippen molar-refractivity contribution in [1.29, 1.82) is 0 Å². The van der Waals surface area contributed by atoms with Gasteiger partial charge in [-0.25, -0.2) is 13.5 Å². The summed E-state index contributed by atoms with van der Waals surface area (Å²) in [6, 6.07) is 6.02. The van der Waals surface area contributed by atoms with Crippen molar-refractivity contribution in [2.45, 2.75) is 38.8 Å². The van der Waals surface area contributed by atoms with Crippen LogP contribution in [0.5, 0.6) is 0 Å². The van der Waals surface area contributed by atoms with Crippen molar-refractivity contribution >= 4 is 0 Å². The van der Waals surface area contributed by atoms with Crippen LogP contribution in [0.2, 0.25) is 0 Å². The van der Waals surface area contributed by atoms with Gasteiger partial charge in [-0.15, -0.1) is 0 Å². The van der Waals surface area contributed by atoms with Crippen LogP contribution >= 0.6 is 0 Å².